The van der Waals surface area contributed by atoms with Crippen LogP contribution < -0.4 is 20.7 Å². The van der Waals surface area contributed by atoms with Gasteiger partial charge in [-0.15, -0.1) is 11.3 Å². The van der Waals surface area contributed by atoms with Gasteiger partial charge in [0.05, 0.1) is 7.11 Å². The minimum atomic E-state index is -0.110. The van der Waals surface area contributed by atoms with E-state index in [1.165, 1.54) is 30.6 Å². The first-order chi connectivity index (χ1) is 10.1. The maximum Gasteiger partial charge on any atom is 0.263 e. The second kappa shape index (κ2) is 7.02. The SMILES string of the molecule is CCCNC(=O)c1sc(N(C)CC2CCC2)c(OC)c1N. The van der Waals surface area contributed by atoms with Crippen molar-refractivity contribution in [1.82, 2.24) is 5.32 Å². The van der Waals surface area contributed by atoms with E-state index in [4.69, 9.17) is 10.5 Å². The van der Waals surface area contributed by atoms with Gasteiger partial charge in [-0.25, -0.2) is 0 Å². The molecule has 1 fully saturated rings. The molecule has 0 bridgehead atoms. The number of nitrogens with one attached hydrogen (secondary N) is 1. The van der Waals surface area contributed by atoms with Crippen LogP contribution >= 0.6 is 11.3 Å². The molecule has 0 aromatic carbocycles. The zero-order valence-electron chi connectivity index (χ0n) is 13.1. The highest BCUT2D eigenvalue weighted by Gasteiger charge is 2.26. The topological polar surface area (TPSA) is 67.6 Å². The van der Waals surface area contributed by atoms with Crippen molar-refractivity contribution in [1.29, 1.82) is 0 Å². The summed E-state index contributed by atoms with van der Waals surface area (Å²) in [6, 6.07) is 0. The third-order valence-corrected chi connectivity index (χ3v) is 5.23. The van der Waals surface area contributed by atoms with Gasteiger partial charge in [-0.3, -0.25) is 4.79 Å². The van der Waals surface area contributed by atoms with Crippen molar-refractivity contribution in [3.05, 3.63) is 4.88 Å². The summed E-state index contributed by atoms with van der Waals surface area (Å²) in [7, 11) is 3.65. The first-order valence-corrected chi connectivity index (χ1v) is 8.35. The van der Waals surface area contributed by atoms with Gasteiger partial charge in [-0.1, -0.05) is 13.3 Å². The summed E-state index contributed by atoms with van der Waals surface area (Å²) in [6.45, 7) is 3.68. The van der Waals surface area contributed by atoms with Gasteiger partial charge < -0.3 is 20.7 Å². The van der Waals surface area contributed by atoms with Crippen LogP contribution in [0.15, 0.2) is 0 Å². The molecule has 118 valence electrons. The molecule has 21 heavy (non-hydrogen) atoms. The van der Waals surface area contributed by atoms with E-state index in [1.54, 1.807) is 7.11 Å². The number of thiophene rings is 1. The molecular weight excluding hydrogens is 286 g/mol. The molecule has 0 spiro atoms. The number of methoxy groups -OCH3 is 1. The van der Waals surface area contributed by atoms with Crippen LogP contribution in [0.5, 0.6) is 5.75 Å². The number of nitrogens with two attached hydrogens (primary N) is 1. The maximum absolute atomic E-state index is 12.2. The molecule has 5 nitrogen and oxygen atoms in total. The van der Waals surface area contributed by atoms with Crippen LogP contribution in [0.4, 0.5) is 10.7 Å². The van der Waals surface area contributed by atoms with Crippen LogP contribution in [-0.4, -0.2) is 33.2 Å². The Morgan fingerprint density at radius 2 is 2.24 bits per heavy atom. The molecule has 1 aromatic heterocycles. The Kier molecular flexibility index (Phi) is 5.33. The van der Waals surface area contributed by atoms with Crippen LogP contribution in [0.2, 0.25) is 0 Å². The average molecular weight is 311 g/mol. The lowest BCUT2D eigenvalue weighted by molar-refractivity contribution is 0.0958. The summed E-state index contributed by atoms with van der Waals surface area (Å²) in [5, 5.41) is 3.82. The lowest BCUT2D eigenvalue weighted by atomic mass is 9.85. The molecule has 0 saturated heterocycles. The summed E-state index contributed by atoms with van der Waals surface area (Å²) in [5.74, 6) is 1.27. The van der Waals surface area contributed by atoms with E-state index in [-0.39, 0.29) is 5.91 Å². The Hall–Kier alpha value is -1.43. The second-order valence-corrected chi connectivity index (χ2v) is 6.62. The molecule has 0 atom stereocenters. The highest BCUT2D eigenvalue weighted by Crippen LogP contribution is 2.45. The summed E-state index contributed by atoms with van der Waals surface area (Å²) in [4.78, 5) is 14.9. The summed E-state index contributed by atoms with van der Waals surface area (Å²) >= 11 is 1.42. The number of amides is 1. The number of nitrogens with zero attached hydrogens (tertiary/aromatic N) is 1. The molecule has 0 aliphatic heterocycles. The molecule has 0 unspecified atom stereocenters. The lowest BCUT2D eigenvalue weighted by Gasteiger charge is -2.30. The van der Waals surface area contributed by atoms with E-state index in [1.807, 2.05) is 14.0 Å². The number of ether oxygens (including phenoxy) is 1. The molecule has 1 saturated carbocycles. The quantitative estimate of drug-likeness (QED) is 0.812. The molecular formula is C15H25N3O2S. The van der Waals surface area contributed by atoms with Gasteiger partial charge in [-0.05, 0) is 25.2 Å². The zero-order valence-corrected chi connectivity index (χ0v) is 13.9. The van der Waals surface area contributed by atoms with E-state index < -0.39 is 0 Å². The van der Waals surface area contributed by atoms with Gasteiger partial charge in [-0.2, -0.15) is 0 Å². The number of hydrogen-bond donors (Lipinski definition) is 2. The van der Waals surface area contributed by atoms with Gasteiger partial charge in [0, 0.05) is 20.1 Å². The number of nitrogen functional groups attached to an aromatic ring is 1. The van der Waals surface area contributed by atoms with E-state index in [0.29, 0.717) is 22.9 Å². The Balaban J connectivity index is 2.17. The number of rotatable bonds is 7. The van der Waals surface area contributed by atoms with Gasteiger partial charge in [0.25, 0.3) is 5.91 Å². The zero-order chi connectivity index (χ0) is 15.4. The number of hydrogen-bond acceptors (Lipinski definition) is 5. The first-order valence-electron chi connectivity index (χ1n) is 7.54. The van der Waals surface area contributed by atoms with E-state index in [2.05, 4.69) is 10.2 Å². The van der Waals surface area contributed by atoms with Gasteiger partial charge >= 0.3 is 0 Å². The third kappa shape index (κ3) is 3.43. The van der Waals surface area contributed by atoms with Crippen LogP contribution in [-0.2, 0) is 0 Å². The predicted molar refractivity (Wildman–Crippen MR) is 88.5 cm³/mol. The Morgan fingerprint density at radius 3 is 2.76 bits per heavy atom. The van der Waals surface area contributed by atoms with Crippen molar-refractivity contribution < 1.29 is 9.53 Å². The molecule has 3 N–H and O–H groups in total. The fourth-order valence-corrected chi connectivity index (χ4v) is 3.58. The van der Waals surface area contributed by atoms with Crippen molar-refractivity contribution >= 4 is 27.9 Å². The van der Waals surface area contributed by atoms with Crippen molar-refractivity contribution in [3.8, 4) is 5.75 Å². The second-order valence-electron chi connectivity index (χ2n) is 5.62. The minimum Gasteiger partial charge on any atom is -0.492 e. The molecule has 1 aliphatic rings. The standard InChI is InChI=1S/C15H25N3O2S/c1-4-8-17-14(19)13-11(16)12(20-3)15(21-13)18(2)9-10-6-5-7-10/h10H,4-9,16H2,1-3H3,(H,17,19). The van der Waals surface area contributed by atoms with Gasteiger partial charge in [0.1, 0.15) is 15.6 Å². The first kappa shape index (κ1) is 15.9. The fourth-order valence-electron chi connectivity index (χ4n) is 2.50. The number of carbonyl (C=O) groups is 1. The van der Waals surface area contributed by atoms with Crippen LogP contribution in [0.25, 0.3) is 0 Å². The molecule has 0 radical (unpaired) electrons. The Bertz CT molecular complexity index is 497. The fraction of sp³-hybridized carbons (Fsp3) is 0.667. The lowest BCUT2D eigenvalue weighted by Crippen LogP contribution is -2.28. The molecule has 1 heterocycles. The van der Waals surface area contributed by atoms with E-state index in [0.717, 1.165) is 23.9 Å². The van der Waals surface area contributed by atoms with E-state index >= 15 is 0 Å². The Morgan fingerprint density at radius 1 is 1.52 bits per heavy atom. The van der Waals surface area contributed by atoms with Crippen molar-refractivity contribution in [2.45, 2.75) is 32.6 Å². The average Bonchev–Trinajstić information content (AvgIpc) is 2.77. The summed E-state index contributed by atoms with van der Waals surface area (Å²) in [5.41, 5.74) is 6.55. The number of carbonyl (C=O) groups excluding carboxylic acids is 1. The largest absolute Gasteiger partial charge is 0.492 e. The number of anilines is 2. The van der Waals surface area contributed by atoms with Gasteiger partial charge in [0.2, 0.25) is 0 Å². The molecule has 1 aliphatic carbocycles. The van der Waals surface area contributed by atoms with Crippen LogP contribution in [0.1, 0.15) is 42.3 Å². The summed E-state index contributed by atoms with van der Waals surface area (Å²) < 4.78 is 5.43. The summed E-state index contributed by atoms with van der Waals surface area (Å²) in [6.07, 6.45) is 4.81. The van der Waals surface area contributed by atoms with Crippen molar-refractivity contribution in [3.63, 3.8) is 0 Å². The van der Waals surface area contributed by atoms with Crippen LogP contribution in [0.3, 0.4) is 0 Å². The molecule has 1 amide bonds. The van der Waals surface area contributed by atoms with E-state index in [9.17, 15) is 4.79 Å². The predicted octanol–water partition coefficient (Wildman–Crippen LogP) is 2.71. The van der Waals surface area contributed by atoms with Crippen LogP contribution in [0, 0.1) is 5.92 Å². The molecule has 2 rings (SSSR count). The smallest absolute Gasteiger partial charge is 0.263 e. The van der Waals surface area contributed by atoms with Crippen molar-refractivity contribution in [2.24, 2.45) is 5.92 Å². The monoisotopic (exact) mass is 311 g/mol. The third-order valence-electron chi connectivity index (χ3n) is 3.93. The Labute approximate surface area is 130 Å². The highest BCUT2D eigenvalue weighted by atomic mass is 32.1. The minimum absolute atomic E-state index is 0.110. The normalized spacial score (nSPS) is 14.6. The van der Waals surface area contributed by atoms with Gasteiger partial charge in [0.15, 0.2) is 5.75 Å². The highest BCUT2D eigenvalue weighted by molar-refractivity contribution is 7.19. The molecule has 6 heteroatoms. The maximum atomic E-state index is 12.2. The molecule has 1 aromatic rings. The van der Waals surface area contributed by atoms with Crippen molar-refractivity contribution in [2.75, 3.05) is 37.9 Å².